The minimum atomic E-state index is -4.39. The van der Waals surface area contributed by atoms with Gasteiger partial charge in [-0.05, 0) is 28.7 Å². The van der Waals surface area contributed by atoms with Crippen LogP contribution in [0.25, 0.3) is 0 Å². The Morgan fingerprint density at radius 2 is 1.50 bits per heavy atom. The number of hydrogen-bond acceptors (Lipinski definition) is 1. The molecule has 0 saturated carbocycles. The maximum Gasteiger partial charge on any atom is 0.416 e. The van der Waals surface area contributed by atoms with Crippen molar-refractivity contribution in [3.8, 4) is 0 Å². The van der Waals surface area contributed by atoms with Crippen LogP contribution >= 0.6 is 0 Å². The molecule has 0 bridgehead atoms. The monoisotopic (exact) mass is 231 g/mol. The number of hydrogen-bond donors (Lipinski definition) is 1. The molecule has 89 valence electrons. The lowest BCUT2D eigenvalue weighted by Crippen LogP contribution is -2.14. The zero-order valence-electron chi connectivity index (χ0n) is 9.39. The Morgan fingerprint density at radius 1 is 1.00 bits per heavy atom. The van der Waals surface area contributed by atoms with E-state index in [9.17, 15) is 13.2 Å². The zero-order valence-corrected chi connectivity index (χ0v) is 9.39. The average molecular weight is 231 g/mol. The number of benzene rings is 1. The lowest BCUT2D eigenvalue weighted by atomic mass is 9.85. The Morgan fingerprint density at radius 3 is 1.88 bits per heavy atom. The van der Waals surface area contributed by atoms with Crippen LogP contribution < -0.4 is 0 Å². The summed E-state index contributed by atoms with van der Waals surface area (Å²) >= 11 is 0. The van der Waals surface area contributed by atoms with Gasteiger partial charge in [0, 0.05) is 0 Å². The van der Waals surface area contributed by atoms with Crippen molar-refractivity contribution in [3.63, 3.8) is 0 Å². The van der Waals surface area contributed by atoms with Crippen LogP contribution in [0.2, 0.25) is 0 Å². The molecule has 1 rings (SSSR count). The second-order valence-electron chi connectivity index (χ2n) is 4.72. The highest BCUT2D eigenvalue weighted by Gasteiger charge is 2.32. The standard InChI is InChI=1S/C12H14F3O/c1-11(2,3)9-4-8(7-16)5-10(6-9)12(13,14)15/h4-7,16H,1-3H3. The van der Waals surface area contributed by atoms with E-state index in [0.29, 0.717) is 12.2 Å². The average Bonchev–Trinajstić information content (AvgIpc) is 2.14. The lowest BCUT2D eigenvalue weighted by Gasteiger charge is -2.21. The molecule has 0 saturated heterocycles. The van der Waals surface area contributed by atoms with E-state index in [1.807, 2.05) is 20.8 Å². The molecule has 0 fully saturated rings. The van der Waals surface area contributed by atoms with E-state index in [2.05, 4.69) is 0 Å². The van der Waals surface area contributed by atoms with E-state index in [1.165, 1.54) is 0 Å². The molecule has 16 heavy (non-hydrogen) atoms. The van der Waals surface area contributed by atoms with Crippen molar-refractivity contribution in [1.82, 2.24) is 0 Å². The van der Waals surface area contributed by atoms with E-state index in [0.717, 1.165) is 12.1 Å². The summed E-state index contributed by atoms with van der Waals surface area (Å²) in [5.74, 6) is 0. The first-order valence-corrected chi connectivity index (χ1v) is 4.85. The third-order valence-corrected chi connectivity index (χ3v) is 2.30. The molecule has 1 N–H and O–H groups in total. The first kappa shape index (κ1) is 13.0. The predicted molar refractivity (Wildman–Crippen MR) is 55.5 cm³/mol. The van der Waals surface area contributed by atoms with Crippen LogP contribution in [0.5, 0.6) is 0 Å². The summed E-state index contributed by atoms with van der Waals surface area (Å²) in [6.45, 7) is 6.15. The molecule has 0 amide bonds. The molecule has 0 atom stereocenters. The molecular weight excluding hydrogens is 217 g/mol. The minimum absolute atomic E-state index is 0.166. The molecule has 0 aliphatic rings. The molecule has 0 heterocycles. The normalized spacial score (nSPS) is 12.9. The number of alkyl halides is 3. The van der Waals surface area contributed by atoms with Gasteiger partial charge in [-0.3, -0.25) is 0 Å². The van der Waals surface area contributed by atoms with Crippen LogP contribution in [-0.2, 0) is 11.6 Å². The van der Waals surface area contributed by atoms with Gasteiger partial charge in [-0.1, -0.05) is 26.8 Å². The van der Waals surface area contributed by atoms with Gasteiger partial charge in [0.2, 0.25) is 0 Å². The summed E-state index contributed by atoms with van der Waals surface area (Å²) in [7, 11) is 0. The third-order valence-electron chi connectivity index (χ3n) is 2.30. The van der Waals surface area contributed by atoms with Crippen LogP contribution in [0, 0.1) is 6.61 Å². The van der Waals surface area contributed by atoms with Gasteiger partial charge in [-0.15, -0.1) is 0 Å². The van der Waals surface area contributed by atoms with E-state index in [1.54, 1.807) is 6.07 Å². The fraction of sp³-hybridized carbons (Fsp3) is 0.417. The van der Waals surface area contributed by atoms with Crippen LogP contribution in [0.4, 0.5) is 13.2 Å². The lowest BCUT2D eigenvalue weighted by molar-refractivity contribution is -0.137. The second kappa shape index (κ2) is 4.09. The maximum atomic E-state index is 12.6. The molecular formula is C12H14F3O. The Balaban J connectivity index is 3.33. The summed E-state index contributed by atoms with van der Waals surface area (Å²) in [6, 6.07) is 3.59. The molecule has 0 aliphatic carbocycles. The van der Waals surface area contributed by atoms with Crippen LogP contribution in [-0.4, -0.2) is 5.11 Å². The topological polar surface area (TPSA) is 20.2 Å². The van der Waals surface area contributed by atoms with E-state index >= 15 is 0 Å². The van der Waals surface area contributed by atoms with Crippen molar-refractivity contribution in [2.75, 3.05) is 0 Å². The smallest absolute Gasteiger partial charge is 0.385 e. The van der Waals surface area contributed by atoms with Gasteiger partial charge in [0.05, 0.1) is 5.56 Å². The Kier molecular flexibility index (Phi) is 3.33. The minimum Gasteiger partial charge on any atom is -0.385 e. The third kappa shape index (κ3) is 2.98. The van der Waals surface area contributed by atoms with Crippen LogP contribution in [0.3, 0.4) is 0 Å². The Bertz CT molecular complexity index is 343. The number of aliphatic hydroxyl groups is 1. The second-order valence-corrected chi connectivity index (χ2v) is 4.72. The van der Waals surface area contributed by atoms with Crippen molar-refractivity contribution >= 4 is 0 Å². The van der Waals surface area contributed by atoms with Gasteiger partial charge in [-0.25, -0.2) is 0 Å². The molecule has 0 spiro atoms. The molecule has 4 heteroatoms. The summed E-state index contributed by atoms with van der Waals surface area (Å²) in [5.41, 5.74) is -0.415. The number of rotatable bonds is 1. The summed E-state index contributed by atoms with van der Waals surface area (Å²) in [5, 5.41) is 8.83. The highest BCUT2D eigenvalue weighted by molar-refractivity contribution is 5.37. The fourth-order valence-electron chi connectivity index (χ4n) is 1.32. The fourth-order valence-corrected chi connectivity index (χ4v) is 1.32. The van der Waals surface area contributed by atoms with Gasteiger partial charge in [-0.2, -0.15) is 13.2 Å². The molecule has 1 nitrogen and oxygen atoms in total. The number of halogens is 3. The first-order chi connectivity index (χ1) is 7.14. The van der Waals surface area contributed by atoms with Crippen molar-refractivity contribution in [1.29, 1.82) is 0 Å². The van der Waals surface area contributed by atoms with E-state index < -0.39 is 11.7 Å². The Labute approximate surface area is 92.9 Å². The van der Waals surface area contributed by atoms with Crippen molar-refractivity contribution < 1.29 is 18.3 Å². The quantitative estimate of drug-likeness (QED) is 0.777. The van der Waals surface area contributed by atoms with Gasteiger partial charge in [0.15, 0.2) is 0 Å². The van der Waals surface area contributed by atoms with Crippen LogP contribution in [0.15, 0.2) is 18.2 Å². The summed E-state index contributed by atoms with van der Waals surface area (Å²) in [6.07, 6.45) is -4.39. The van der Waals surface area contributed by atoms with Crippen molar-refractivity contribution in [2.24, 2.45) is 0 Å². The van der Waals surface area contributed by atoms with Gasteiger partial charge in [0.25, 0.3) is 0 Å². The first-order valence-electron chi connectivity index (χ1n) is 4.85. The zero-order chi connectivity index (χ0) is 12.6. The van der Waals surface area contributed by atoms with Gasteiger partial charge in [0.1, 0.15) is 6.61 Å². The largest absolute Gasteiger partial charge is 0.416 e. The van der Waals surface area contributed by atoms with Crippen molar-refractivity contribution in [3.05, 3.63) is 41.5 Å². The summed E-state index contributed by atoms with van der Waals surface area (Å²) < 4.78 is 37.7. The predicted octanol–water partition coefficient (Wildman–Crippen LogP) is 3.89. The molecule has 1 aromatic carbocycles. The van der Waals surface area contributed by atoms with E-state index in [-0.39, 0.29) is 11.0 Å². The SMILES string of the molecule is CC(C)(C)c1cc([CH]O)cc(C(F)(F)F)c1. The van der Waals surface area contributed by atoms with Gasteiger partial charge < -0.3 is 5.11 Å². The highest BCUT2D eigenvalue weighted by Crippen LogP contribution is 2.34. The molecule has 0 aliphatic heterocycles. The maximum absolute atomic E-state index is 12.6. The number of aliphatic hydroxyl groups excluding tert-OH is 1. The molecule has 0 unspecified atom stereocenters. The molecule has 1 radical (unpaired) electrons. The molecule has 1 aromatic rings. The van der Waals surface area contributed by atoms with Crippen molar-refractivity contribution in [2.45, 2.75) is 32.4 Å². The van der Waals surface area contributed by atoms with Crippen LogP contribution in [0.1, 0.15) is 37.5 Å². The summed E-state index contributed by atoms with van der Waals surface area (Å²) in [4.78, 5) is 0. The van der Waals surface area contributed by atoms with Gasteiger partial charge >= 0.3 is 6.18 Å². The van der Waals surface area contributed by atoms with E-state index in [4.69, 9.17) is 5.11 Å². The highest BCUT2D eigenvalue weighted by atomic mass is 19.4. The molecule has 0 aromatic heterocycles. The Hall–Kier alpha value is -1.03.